The molecule has 0 unspecified atom stereocenters. The molecule has 0 amide bonds. The Balaban J connectivity index is 1.83. The maximum Gasteiger partial charge on any atom is 0.183 e. The number of hydrogen-bond acceptors (Lipinski definition) is 1. The zero-order chi connectivity index (χ0) is 12.0. The van der Waals surface area contributed by atoms with Gasteiger partial charge in [0.15, 0.2) is 5.54 Å². The molecule has 1 aromatic carbocycles. The van der Waals surface area contributed by atoms with E-state index in [-0.39, 0.29) is 5.54 Å². The highest BCUT2D eigenvalue weighted by atomic mass is 15.0. The molecule has 0 spiro atoms. The Morgan fingerprint density at radius 1 is 1.12 bits per heavy atom. The summed E-state index contributed by atoms with van der Waals surface area (Å²) in [5.74, 6) is 0. The zero-order valence-corrected chi connectivity index (χ0v) is 10.4. The number of benzene rings is 1. The second-order valence-electron chi connectivity index (χ2n) is 5.06. The van der Waals surface area contributed by atoms with Gasteiger partial charge in [0.25, 0.3) is 0 Å². The van der Waals surface area contributed by atoms with Crippen LogP contribution in [0.2, 0.25) is 0 Å². The van der Waals surface area contributed by atoms with Gasteiger partial charge in [-0.2, -0.15) is 5.26 Å². The Labute approximate surface area is 104 Å². The summed E-state index contributed by atoms with van der Waals surface area (Å²) >= 11 is 0. The first-order chi connectivity index (χ1) is 8.35. The SMILES string of the molecule is N#CC1([NH2+]CCc2ccccc2)CCCCC1. The van der Waals surface area contributed by atoms with Crippen molar-refractivity contribution < 1.29 is 5.32 Å². The molecule has 2 N–H and O–H groups in total. The maximum absolute atomic E-state index is 9.36. The lowest BCUT2D eigenvalue weighted by atomic mass is 9.83. The van der Waals surface area contributed by atoms with Crippen molar-refractivity contribution in [3.63, 3.8) is 0 Å². The van der Waals surface area contributed by atoms with E-state index < -0.39 is 0 Å². The lowest BCUT2D eigenvalue weighted by Crippen LogP contribution is -2.97. The fraction of sp³-hybridized carbons (Fsp3) is 0.533. The molecule has 0 saturated heterocycles. The molecule has 2 nitrogen and oxygen atoms in total. The van der Waals surface area contributed by atoms with Crippen molar-refractivity contribution in [1.82, 2.24) is 0 Å². The Morgan fingerprint density at radius 3 is 2.47 bits per heavy atom. The predicted molar refractivity (Wildman–Crippen MR) is 68.4 cm³/mol. The summed E-state index contributed by atoms with van der Waals surface area (Å²) in [6, 6.07) is 13.1. The van der Waals surface area contributed by atoms with Crippen molar-refractivity contribution in [2.24, 2.45) is 0 Å². The third kappa shape index (κ3) is 3.31. The largest absolute Gasteiger partial charge is 0.329 e. The molecule has 0 aromatic heterocycles. The summed E-state index contributed by atoms with van der Waals surface area (Å²) in [5.41, 5.74) is 1.25. The molecule has 1 saturated carbocycles. The standard InChI is InChI=1S/C15H20N2/c16-13-15(10-5-2-6-11-15)17-12-9-14-7-3-1-4-8-14/h1,3-4,7-8,17H,2,5-6,9-12H2/p+1. The van der Waals surface area contributed by atoms with Crippen LogP contribution in [0.5, 0.6) is 0 Å². The van der Waals surface area contributed by atoms with Crippen molar-refractivity contribution in [3.8, 4) is 6.07 Å². The summed E-state index contributed by atoms with van der Waals surface area (Å²) in [4.78, 5) is 0. The molecule has 1 fully saturated rings. The molecule has 2 rings (SSSR count). The number of nitriles is 1. The van der Waals surface area contributed by atoms with Gasteiger partial charge in [-0.05, 0) is 18.4 Å². The second kappa shape index (κ2) is 5.84. The van der Waals surface area contributed by atoms with Crippen LogP contribution >= 0.6 is 0 Å². The lowest BCUT2D eigenvalue weighted by molar-refractivity contribution is -0.716. The topological polar surface area (TPSA) is 40.4 Å². The lowest BCUT2D eigenvalue weighted by Gasteiger charge is -2.28. The molecule has 0 radical (unpaired) electrons. The van der Waals surface area contributed by atoms with E-state index in [9.17, 15) is 5.26 Å². The molecular formula is C15H21N2+. The molecule has 2 heteroatoms. The van der Waals surface area contributed by atoms with Crippen LogP contribution in [0, 0.1) is 11.3 Å². The molecule has 90 valence electrons. The van der Waals surface area contributed by atoms with Crippen LogP contribution in [0.25, 0.3) is 0 Å². The average Bonchev–Trinajstić information content (AvgIpc) is 2.41. The smallest absolute Gasteiger partial charge is 0.183 e. The van der Waals surface area contributed by atoms with Gasteiger partial charge in [-0.1, -0.05) is 36.8 Å². The molecule has 17 heavy (non-hydrogen) atoms. The fourth-order valence-corrected chi connectivity index (χ4v) is 2.70. The van der Waals surface area contributed by atoms with E-state index >= 15 is 0 Å². The second-order valence-corrected chi connectivity index (χ2v) is 5.06. The number of nitrogens with two attached hydrogens (primary N) is 1. The quantitative estimate of drug-likeness (QED) is 0.843. The van der Waals surface area contributed by atoms with Gasteiger partial charge in [-0.3, -0.25) is 0 Å². The maximum atomic E-state index is 9.36. The first kappa shape index (κ1) is 12.1. The van der Waals surface area contributed by atoms with E-state index in [4.69, 9.17) is 0 Å². The van der Waals surface area contributed by atoms with Crippen LogP contribution in [-0.4, -0.2) is 12.1 Å². The summed E-state index contributed by atoms with van der Waals surface area (Å²) in [6.45, 7) is 1.03. The minimum Gasteiger partial charge on any atom is -0.329 e. The monoisotopic (exact) mass is 229 g/mol. The van der Waals surface area contributed by atoms with Crippen LogP contribution in [0.4, 0.5) is 0 Å². The van der Waals surface area contributed by atoms with Crippen LogP contribution < -0.4 is 5.32 Å². The van der Waals surface area contributed by atoms with Crippen molar-refractivity contribution in [2.75, 3.05) is 6.54 Å². The van der Waals surface area contributed by atoms with Gasteiger partial charge in [0.05, 0.1) is 6.54 Å². The van der Waals surface area contributed by atoms with Gasteiger partial charge in [-0.25, -0.2) is 0 Å². The number of nitrogens with zero attached hydrogens (tertiary/aromatic N) is 1. The van der Waals surface area contributed by atoms with Crippen LogP contribution in [-0.2, 0) is 6.42 Å². The Morgan fingerprint density at radius 2 is 1.82 bits per heavy atom. The third-order valence-corrected chi connectivity index (χ3v) is 3.78. The van der Waals surface area contributed by atoms with Gasteiger partial charge in [0, 0.05) is 19.3 Å². The molecule has 0 heterocycles. The highest BCUT2D eigenvalue weighted by molar-refractivity contribution is 5.14. The van der Waals surface area contributed by atoms with E-state index in [0.29, 0.717) is 0 Å². The Kier molecular flexibility index (Phi) is 4.17. The predicted octanol–water partition coefficient (Wildman–Crippen LogP) is 2.02. The van der Waals surface area contributed by atoms with Gasteiger partial charge in [-0.15, -0.1) is 0 Å². The molecule has 1 aliphatic carbocycles. The van der Waals surface area contributed by atoms with Crippen molar-refractivity contribution in [3.05, 3.63) is 35.9 Å². The normalized spacial score (nSPS) is 18.5. The highest BCUT2D eigenvalue weighted by Gasteiger charge is 2.35. The van der Waals surface area contributed by atoms with Crippen molar-refractivity contribution >= 4 is 0 Å². The zero-order valence-electron chi connectivity index (χ0n) is 10.4. The van der Waals surface area contributed by atoms with Crippen LogP contribution in [0.3, 0.4) is 0 Å². The minimum atomic E-state index is -0.118. The molecular weight excluding hydrogens is 208 g/mol. The Bertz CT molecular complexity index is 372. The first-order valence-electron chi connectivity index (χ1n) is 6.64. The van der Waals surface area contributed by atoms with E-state index in [2.05, 4.69) is 35.7 Å². The van der Waals surface area contributed by atoms with Gasteiger partial charge < -0.3 is 5.32 Å². The molecule has 0 aliphatic heterocycles. The van der Waals surface area contributed by atoms with Crippen LogP contribution in [0.1, 0.15) is 37.7 Å². The van der Waals surface area contributed by atoms with Crippen molar-refractivity contribution in [2.45, 2.75) is 44.1 Å². The van der Waals surface area contributed by atoms with Gasteiger partial charge >= 0.3 is 0 Å². The Hall–Kier alpha value is -1.33. The highest BCUT2D eigenvalue weighted by Crippen LogP contribution is 2.23. The molecule has 1 aromatic rings. The number of hydrogen-bond donors (Lipinski definition) is 1. The third-order valence-electron chi connectivity index (χ3n) is 3.78. The van der Waals surface area contributed by atoms with E-state index in [1.54, 1.807) is 0 Å². The summed E-state index contributed by atoms with van der Waals surface area (Å²) in [7, 11) is 0. The average molecular weight is 229 g/mol. The molecule has 0 bridgehead atoms. The van der Waals surface area contributed by atoms with Crippen molar-refractivity contribution in [1.29, 1.82) is 5.26 Å². The van der Waals surface area contributed by atoms with E-state index in [1.807, 2.05) is 6.07 Å². The summed E-state index contributed by atoms with van der Waals surface area (Å²) in [5, 5.41) is 11.6. The van der Waals surface area contributed by atoms with E-state index in [0.717, 1.165) is 25.8 Å². The van der Waals surface area contributed by atoms with Gasteiger partial charge in [0.2, 0.25) is 0 Å². The first-order valence-corrected chi connectivity index (χ1v) is 6.64. The van der Waals surface area contributed by atoms with Gasteiger partial charge in [0.1, 0.15) is 6.07 Å². The fourth-order valence-electron chi connectivity index (χ4n) is 2.70. The number of rotatable bonds is 4. The van der Waals surface area contributed by atoms with Crippen LogP contribution in [0.15, 0.2) is 30.3 Å². The molecule has 0 atom stereocenters. The molecule has 1 aliphatic rings. The minimum absolute atomic E-state index is 0.118. The number of quaternary nitrogens is 1. The summed E-state index contributed by atoms with van der Waals surface area (Å²) in [6.07, 6.45) is 6.93. The summed E-state index contributed by atoms with van der Waals surface area (Å²) < 4.78 is 0. The van der Waals surface area contributed by atoms with E-state index in [1.165, 1.54) is 24.8 Å².